The molecule has 0 atom stereocenters. The Kier molecular flexibility index (Phi) is 2.90. The van der Waals surface area contributed by atoms with Crippen LogP contribution in [0.3, 0.4) is 0 Å². The average molecular weight is 265 g/mol. The summed E-state index contributed by atoms with van der Waals surface area (Å²) in [7, 11) is 0. The van der Waals surface area contributed by atoms with Crippen molar-refractivity contribution in [2.75, 3.05) is 11.9 Å². The number of nitrogens with one attached hydrogen (secondary N) is 1. The summed E-state index contributed by atoms with van der Waals surface area (Å²) >= 11 is 5.92. The van der Waals surface area contributed by atoms with Crippen molar-refractivity contribution in [3.05, 3.63) is 23.4 Å². The number of hydrogen-bond donors (Lipinski definition) is 1. The summed E-state index contributed by atoms with van der Waals surface area (Å²) < 4.78 is 1.71. The highest BCUT2D eigenvalue weighted by Gasteiger charge is 2.28. The molecular weight excluding hydrogens is 248 g/mol. The molecule has 0 saturated heterocycles. The Morgan fingerprint density at radius 2 is 2.17 bits per heavy atom. The van der Waals surface area contributed by atoms with Crippen molar-refractivity contribution in [1.82, 2.24) is 14.6 Å². The van der Waals surface area contributed by atoms with Gasteiger partial charge < -0.3 is 5.32 Å². The van der Waals surface area contributed by atoms with Crippen LogP contribution in [0.4, 0.5) is 5.95 Å². The van der Waals surface area contributed by atoms with Crippen molar-refractivity contribution in [3.8, 4) is 0 Å². The first-order valence-electron chi connectivity index (χ1n) is 6.41. The van der Waals surface area contributed by atoms with Gasteiger partial charge in [-0.25, -0.2) is 4.52 Å². The third-order valence-corrected chi connectivity index (χ3v) is 4.00. The van der Waals surface area contributed by atoms with Gasteiger partial charge in [0.1, 0.15) is 0 Å². The standard InChI is InChI=1S/C13H17ClN4/c1-13(6-2-3-7-13)9-15-12-16-11-5-4-10(14)8-18(11)17-12/h4-5,8H,2-3,6-7,9H2,1H3,(H,15,17). The molecule has 1 aliphatic rings. The lowest BCUT2D eigenvalue weighted by molar-refractivity contribution is 0.361. The first-order chi connectivity index (χ1) is 8.65. The molecule has 96 valence electrons. The van der Waals surface area contributed by atoms with Gasteiger partial charge in [-0.2, -0.15) is 4.98 Å². The molecule has 1 aliphatic carbocycles. The lowest BCUT2D eigenvalue weighted by Crippen LogP contribution is -2.23. The van der Waals surface area contributed by atoms with Gasteiger partial charge in [-0.3, -0.25) is 0 Å². The fourth-order valence-corrected chi connectivity index (χ4v) is 2.79. The van der Waals surface area contributed by atoms with E-state index in [2.05, 4.69) is 22.3 Å². The van der Waals surface area contributed by atoms with Crippen LogP contribution in [-0.4, -0.2) is 21.1 Å². The van der Waals surface area contributed by atoms with Gasteiger partial charge >= 0.3 is 0 Å². The number of nitrogens with zero attached hydrogens (tertiary/aromatic N) is 3. The maximum absolute atomic E-state index is 5.92. The minimum atomic E-state index is 0.398. The predicted octanol–water partition coefficient (Wildman–Crippen LogP) is 3.37. The van der Waals surface area contributed by atoms with Gasteiger partial charge in [-0.15, -0.1) is 5.10 Å². The summed E-state index contributed by atoms with van der Waals surface area (Å²) in [5.74, 6) is 0.686. The van der Waals surface area contributed by atoms with Gasteiger partial charge in [0.15, 0.2) is 5.65 Å². The van der Waals surface area contributed by atoms with Gasteiger partial charge in [0.25, 0.3) is 0 Å². The minimum Gasteiger partial charge on any atom is -0.352 e. The fourth-order valence-electron chi connectivity index (χ4n) is 2.63. The molecule has 0 spiro atoms. The van der Waals surface area contributed by atoms with E-state index in [0.717, 1.165) is 12.2 Å². The van der Waals surface area contributed by atoms with Crippen molar-refractivity contribution in [3.63, 3.8) is 0 Å². The molecule has 0 radical (unpaired) electrons. The number of anilines is 1. The Hall–Kier alpha value is -1.29. The van der Waals surface area contributed by atoms with Crippen molar-refractivity contribution < 1.29 is 0 Å². The van der Waals surface area contributed by atoms with E-state index in [1.54, 1.807) is 10.7 Å². The molecule has 2 aromatic heterocycles. The first kappa shape index (κ1) is 11.8. The van der Waals surface area contributed by atoms with E-state index in [0.29, 0.717) is 16.4 Å². The molecule has 2 heterocycles. The molecule has 1 saturated carbocycles. The monoisotopic (exact) mass is 264 g/mol. The van der Waals surface area contributed by atoms with Crippen LogP contribution in [-0.2, 0) is 0 Å². The Morgan fingerprint density at radius 3 is 2.94 bits per heavy atom. The Bertz CT molecular complexity index is 557. The van der Waals surface area contributed by atoms with Crippen molar-refractivity contribution in [1.29, 1.82) is 0 Å². The molecule has 4 nitrogen and oxygen atoms in total. The highest BCUT2D eigenvalue weighted by Crippen LogP contribution is 2.37. The molecule has 0 amide bonds. The van der Waals surface area contributed by atoms with Gasteiger partial charge in [-0.05, 0) is 30.4 Å². The zero-order chi connectivity index (χ0) is 12.6. The highest BCUT2D eigenvalue weighted by atomic mass is 35.5. The normalized spacial score (nSPS) is 18.3. The van der Waals surface area contributed by atoms with Crippen LogP contribution in [0, 0.1) is 5.41 Å². The maximum Gasteiger partial charge on any atom is 0.243 e. The average Bonchev–Trinajstić information content (AvgIpc) is 2.93. The smallest absolute Gasteiger partial charge is 0.243 e. The molecular formula is C13H17ClN4. The zero-order valence-electron chi connectivity index (χ0n) is 10.5. The van der Waals surface area contributed by atoms with Gasteiger partial charge in [0.05, 0.1) is 5.02 Å². The van der Waals surface area contributed by atoms with Crippen LogP contribution in [0.25, 0.3) is 5.65 Å². The molecule has 5 heteroatoms. The largest absolute Gasteiger partial charge is 0.352 e. The SMILES string of the molecule is CC1(CNc2nc3ccc(Cl)cn3n2)CCCC1. The topological polar surface area (TPSA) is 42.2 Å². The maximum atomic E-state index is 5.92. The van der Waals surface area contributed by atoms with E-state index < -0.39 is 0 Å². The molecule has 1 N–H and O–H groups in total. The lowest BCUT2D eigenvalue weighted by atomic mass is 9.89. The van der Waals surface area contributed by atoms with E-state index in [4.69, 9.17) is 11.6 Å². The van der Waals surface area contributed by atoms with Crippen LogP contribution < -0.4 is 5.32 Å². The summed E-state index contributed by atoms with van der Waals surface area (Å²) in [4.78, 5) is 4.43. The first-order valence-corrected chi connectivity index (χ1v) is 6.78. The number of hydrogen-bond acceptors (Lipinski definition) is 3. The molecule has 2 aromatic rings. The van der Waals surface area contributed by atoms with Crippen LogP contribution in [0.15, 0.2) is 18.3 Å². The van der Waals surface area contributed by atoms with E-state index in [1.807, 2.05) is 12.1 Å². The molecule has 3 rings (SSSR count). The van der Waals surface area contributed by atoms with E-state index in [9.17, 15) is 0 Å². The van der Waals surface area contributed by atoms with Crippen molar-refractivity contribution in [2.24, 2.45) is 5.41 Å². The molecule has 0 unspecified atom stereocenters. The number of fused-ring (bicyclic) bond motifs is 1. The third-order valence-electron chi connectivity index (χ3n) is 3.78. The van der Waals surface area contributed by atoms with E-state index >= 15 is 0 Å². The van der Waals surface area contributed by atoms with Crippen molar-refractivity contribution >= 4 is 23.2 Å². The zero-order valence-corrected chi connectivity index (χ0v) is 11.2. The molecule has 0 bridgehead atoms. The van der Waals surface area contributed by atoms with E-state index in [-0.39, 0.29) is 0 Å². The summed E-state index contributed by atoms with van der Waals surface area (Å²) in [6.07, 6.45) is 7.03. The van der Waals surface area contributed by atoms with Gasteiger partial charge in [0.2, 0.25) is 5.95 Å². The molecule has 18 heavy (non-hydrogen) atoms. The summed E-state index contributed by atoms with van der Waals surface area (Å²) in [5, 5.41) is 8.39. The Morgan fingerprint density at radius 1 is 1.39 bits per heavy atom. The van der Waals surface area contributed by atoms with Crippen LogP contribution >= 0.6 is 11.6 Å². The fraction of sp³-hybridized carbons (Fsp3) is 0.538. The third kappa shape index (κ3) is 2.29. The summed E-state index contributed by atoms with van der Waals surface area (Å²) in [5.41, 5.74) is 1.22. The summed E-state index contributed by atoms with van der Waals surface area (Å²) in [6.45, 7) is 3.28. The van der Waals surface area contributed by atoms with Gasteiger partial charge in [-0.1, -0.05) is 31.4 Å². The Balaban J connectivity index is 1.74. The molecule has 0 aliphatic heterocycles. The van der Waals surface area contributed by atoms with Crippen LogP contribution in [0.2, 0.25) is 5.02 Å². The second-order valence-corrected chi connectivity index (χ2v) is 5.89. The molecule has 1 fully saturated rings. The molecule has 0 aromatic carbocycles. The van der Waals surface area contributed by atoms with Crippen LogP contribution in [0.5, 0.6) is 0 Å². The second kappa shape index (κ2) is 4.43. The van der Waals surface area contributed by atoms with E-state index in [1.165, 1.54) is 25.7 Å². The summed E-state index contributed by atoms with van der Waals surface area (Å²) in [6, 6.07) is 3.70. The number of rotatable bonds is 3. The quantitative estimate of drug-likeness (QED) is 0.924. The number of aromatic nitrogens is 3. The Labute approximate surface area is 111 Å². The lowest BCUT2D eigenvalue weighted by Gasteiger charge is -2.22. The van der Waals surface area contributed by atoms with Gasteiger partial charge in [0, 0.05) is 12.7 Å². The minimum absolute atomic E-state index is 0.398. The predicted molar refractivity (Wildman–Crippen MR) is 73.1 cm³/mol. The second-order valence-electron chi connectivity index (χ2n) is 5.46. The number of halogens is 1. The number of pyridine rings is 1. The highest BCUT2D eigenvalue weighted by molar-refractivity contribution is 6.30. The van der Waals surface area contributed by atoms with Crippen molar-refractivity contribution in [2.45, 2.75) is 32.6 Å². The van der Waals surface area contributed by atoms with Crippen LogP contribution in [0.1, 0.15) is 32.6 Å².